The molecule has 4 heterocycles. The summed E-state index contributed by atoms with van der Waals surface area (Å²) in [6, 6.07) is 11.2. The van der Waals surface area contributed by atoms with Crippen LogP contribution in [-0.4, -0.2) is 68.9 Å². The van der Waals surface area contributed by atoms with Gasteiger partial charge in [0.25, 0.3) is 11.8 Å². The first kappa shape index (κ1) is 43.1. The van der Waals surface area contributed by atoms with Gasteiger partial charge in [-0.2, -0.15) is 10.2 Å². The van der Waals surface area contributed by atoms with Crippen molar-refractivity contribution in [3.8, 4) is 5.75 Å². The van der Waals surface area contributed by atoms with Gasteiger partial charge in [0.2, 0.25) is 23.7 Å². The summed E-state index contributed by atoms with van der Waals surface area (Å²) in [6.07, 6.45) is 2.81. The number of carbonyl (C=O) groups excluding carboxylic acids is 4. The Hall–Kier alpha value is -6.52. The van der Waals surface area contributed by atoms with Crippen LogP contribution in [0.25, 0.3) is 22.1 Å². The second-order valence-electron chi connectivity index (χ2n) is 16.6. The van der Waals surface area contributed by atoms with Crippen molar-refractivity contribution < 1.29 is 23.9 Å². The number of primary amides is 2. The summed E-state index contributed by atoms with van der Waals surface area (Å²) in [5.41, 5.74) is 16.5. The Bertz CT molecular complexity index is 2590. The SMILES string of the molecule is CCn1nc(C)cc1C(=O)Nc1nc2cc(C(N)=O)ccc2n1C(C)CCC(C)n1c(NC(=O)c2cc(C)nn2CC)nc2cc(C(N)=O)cc(OCCCC(C)(C)C)c21. The Morgan fingerprint density at radius 1 is 0.733 bits per heavy atom. The van der Waals surface area contributed by atoms with Gasteiger partial charge in [-0.15, -0.1) is 0 Å². The molecule has 2 unspecified atom stereocenters. The summed E-state index contributed by atoms with van der Waals surface area (Å²) in [4.78, 5) is 61.9. The first-order chi connectivity index (χ1) is 28.4. The van der Waals surface area contributed by atoms with Crippen LogP contribution in [0.1, 0.15) is 139 Å². The van der Waals surface area contributed by atoms with E-state index in [-0.39, 0.29) is 34.9 Å². The molecule has 6 rings (SSSR count). The zero-order valence-electron chi connectivity index (χ0n) is 35.9. The molecule has 2 atom stereocenters. The van der Waals surface area contributed by atoms with Crippen molar-refractivity contribution in [2.75, 3.05) is 17.2 Å². The predicted octanol–water partition coefficient (Wildman–Crippen LogP) is 6.95. The van der Waals surface area contributed by atoms with E-state index in [9.17, 15) is 19.2 Å². The number of anilines is 2. The molecule has 6 aromatic rings. The molecule has 0 radical (unpaired) electrons. The lowest BCUT2D eigenvalue weighted by atomic mass is 9.91. The second kappa shape index (κ2) is 17.4. The molecule has 0 aliphatic carbocycles. The minimum atomic E-state index is -0.631. The van der Waals surface area contributed by atoms with E-state index >= 15 is 0 Å². The minimum absolute atomic E-state index is 0.103. The van der Waals surface area contributed by atoms with E-state index in [0.717, 1.165) is 12.8 Å². The van der Waals surface area contributed by atoms with Crippen molar-refractivity contribution in [2.45, 2.75) is 113 Å². The number of amides is 4. The molecule has 4 aromatic heterocycles. The standard InChI is InChI=1S/C43H56N12O5/c1-10-52-33(19-24(3)50-52)39(58)48-41-46-30-21-28(37(44)56)15-16-32(30)54(41)26(5)13-14-27(6)55-36-31(47-42(55)49-40(59)34-20-25(4)51-53(34)11-2)22-29(38(45)57)23-35(36)60-18-12-17-43(7,8)9/h15-16,19-23,26-27H,10-14,17-18H2,1-9H3,(H2,44,56)(H2,45,57)(H,46,48,58)(H,47,49,59). The highest BCUT2D eigenvalue weighted by Crippen LogP contribution is 2.37. The Balaban J connectivity index is 1.38. The van der Waals surface area contributed by atoms with E-state index in [1.165, 1.54) is 0 Å². The number of aryl methyl sites for hydroxylation is 4. The number of carbonyl (C=O) groups is 4. The summed E-state index contributed by atoms with van der Waals surface area (Å²) in [5, 5.41) is 14.9. The lowest BCUT2D eigenvalue weighted by Crippen LogP contribution is -2.22. The molecule has 60 heavy (non-hydrogen) atoms. The van der Waals surface area contributed by atoms with Crippen LogP contribution in [0.4, 0.5) is 11.9 Å². The molecule has 0 saturated heterocycles. The zero-order valence-corrected chi connectivity index (χ0v) is 35.9. The molecular formula is C43H56N12O5. The van der Waals surface area contributed by atoms with Crippen LogP contribution in [0.5, 0.6) is 5.75 Å². The minimum Gasteiger partial charge on any atom is -0.491 e. The number of hydrogen-bond acceptors (Lipinski definition) is 9. The van der Waals surface area contributed by atoms with Crippen molar-refractivity contribution in [3.05, 3.63) is 76.4 Å². The first-order valence-corrected chi connectivity index (χ1v) is 20.4. The smallest absolute Gasteiger partial charge is 0.276 e. The van der Waals surface area contributed by atoms with Crippen molar-refractivity contribution in [1.29, 1.82) is 0 Å². The molecule has 2 aromatic carbocycles. The van der Waals surface area contributed by atoms with Crippen LogP contribution < -0.4 is 26.8 Å². The quantitative estimate of drug-likeness (QED) is 0.0698. The van der Waals surface area contributed by atoms with Gasteiger partial charge >= 0.3 is 0 Å². The number of nitrogens with two attached hydrogens (primary N) is 2. The molecule has 17 nitrogen and oxygen atoms in total. The maximum atomic E-state index is 13.9. The Morgan fingerprint density at radius 3 is 1.78 bits per heavy atom. The lowest BCUT2D eigenvalue weighted by Gasteiger charge is -2.23. The van der Waals surface area contributed by atoms with E-state index in [1.807, 2.05) is 50.7 Å². The number of fused-ring (bicyclic) bond motifs is 2. The van der Waals surface area contributed by atoms with Crippen molar-refractivity contribution in [1.82, 2.24) is 38.7 Å². The highest BCUT2D eigenvalue weighted by Gasteiger charge is 2.27. The van der Waals surface area contributed by atoms with Crippen molar-refractivity contribution in [3.63, 3.8) is 0 Å². The Morgan fingerprint density at radius 2 is 1.25 bits per heavy atom. The maximum Gasteiger partial charge on any atom is 0.276 e. The molecule has 0 fully saturated rings. The van der Waals surface area contributed by atoms with Crippen LogP contribution in [0.15, 0.2) is 42.5 Å². The molecule has 0 saturated carbocycles. The largest absolute Gasteiger partial charge is 0.491 e. The van der Waals surface area contributed by atoms with Crippen LogP contribution in [0.2, 0.25) is 0 Å². The molecule has 0 aliphatic rings. The number of rotatable bonds is 17. The van der Waals surface area contributed by atoms with Gasteiger partial charge in [-0.05, 0) is 115 Å². The van der Waals surface area contributed by atoms with Crippen LogP contribution in [-0.2, 0) is 13.1 Å². The lowest BCUT2D eigenvalue weighted by molar-refractivity contribution is 0.0992. The van der Waals surface area contributed by atoms with E-state index in [4.69, 9.17) is 26.2 Å². The van der Waals surface area contributed by atoms with Gasteiger partial charge in [0.1, 0.15) is 22.7 Å². The topological polar surface area (TPSA) is 225 Å². The van der Waals surface area contributed by atoms with Gasteiger partial charge in [0, 0.05) is 36.3 Å². The van der Waals surface area contributed by atoms with E-state index in [1.54, 1.807) is 51.8 Å². The summed E-state index contributed by atoms with van der Waals surface area (Å²) in [7, 11) is 0. The highest BCUT2D eigenvalue weighted by molar-refractivity contribution is 6.05. The monoisotopic (exact) mass is 820 g/mol. The summed E-state index contributed by atoms with van der Waals surface area (Å²) in [6.45, 7) is 19.4. The van der Waals surface area contributed by atoms with Gasteiger partial charge < -0.3 is 25.3 Å². The molecule has 17 heteroatoms. The molecule has 318 valence electrons. The summed E-state index contributed by atoms with van der Waals surface area (Å²) >= 11 is 0. The fraction of sp³-hybridized carbons (Fsp3) is 0.442. The molecule has 0 aliphatic heterocycles. The van der Waals surface area contributed by atoms with Gasteiger partial charge in [-0.25, -0.2) is 9.97 Å². The number of benzene rings is 2. The van der Waals surface area contributed by atoms with Crippen LogP contribution in [0.3, 0.4) is 0 Å². The number of ether oxygens (including phenoxy) is 1. The molecule has 6 N–H and O–H groups in total. The molecule has 0 spiro atoms. The first-order valence-electron chi connectivity index (χ1n) is 20.4. The van der Waals surface area contributed by atoms with Crippen LogP contribution in [0, 0.1) is 19.3 Å². The Labute approximate surface area is 348 Å². The predicted molar refractivity (Wildman–Crippen MR) is 231 cm³/mol. The van der Waals surface area contributed by atoms with E-state index in [2.05, 4.69) is 41.6 Å². The third-order valence-electron chi connectivity index (χ3n) is 10.5. The van der Waals surface area contributed by atoms with Crippen LogP contribution >= 0.6 is 0 Å². The normalized spacial score (nSPS) is 12.8. The van der Waals surface area contributed by atoms with Crippen molar-refractivity contribution >= 4 is 57.6 Å². The zero-order chi connectivity index (χ0) is 43.6. The number of imidazole rings is 2. The average Bonchev–Trinajstić information content (AvgIpc) is 3.96. The van der Waals surface area contributed by atoms with Gasteiger partial charge in [0.05, 0.1) is 34.5 Å². The van der Waals surface area contributed by atoms with E-state index in [0.29, 0.717) is 94.6 Å². The maximum absolute atomic E-state index is 13.9. The van der Waals surface area contributed by atoms with E-state index < -0.39 is 17.7 Å². The third kappa shape index (κ3) is 9.19. The fourth-order valence-corrected chi connectivity index (χ4v) is 7.55. The molecule has 4 amide bonds. The molecule has 0 bridgehead atoms. The highest BCUT2D eigenvalue weighted by atomic mass is 16.5. The second-order valence-corrected chi connectivity index (χ2v) is 16.6. The van der Waals surface area contributed by atoms with Gasteiger partial charge in [-0.1, -0.05) is 20.8 Å². The number of nitrogens with zero attached hydrogens (tertiary/aromatic N) is 8. The summed E-state index contributed by atoms with van der Waals surface area (Å²) < 4.78 is 13.6. The Kier molecular flexibility index (Phi) is 12.5. The third-order valence-corrected chi connectivity index (χ3v) is 10.5. The summed E-state index contributed by atoms with van der Waals surface area (Å²) in [5.74, 6) is -1.000. The molecular weight excluding hydrogens is 765 g/mol. The number of hydrogen-bond donors (Lipinski definition) is 4. The van der Waals surface area contributed by atoms with Crippen molar-refractivity contribution in [2.24, 2.45) is 16.9 Å². The fourth-order valence-electron chi connectivity index (χ4n) is 7.55. The number of nitrogens with one attached hydrogen (secondary N) is 2. The van der Waals surface area contributed by atoms with Gasteiger partial charge in [-0.3, -0.25) is 39.2 Å². The average molecular weight is 821 g/mol. The van der Waals surface area contributed by atoms with Gasteiger partial charge in [0.15, 0.2) is 0 Å². The number of aromatic nitrogens is 8.